The summed E-state index contributed by atoms with van der Waals surface area (Å²) in [6, 6.07) is 7.29. The van der Waals surface area contributed by atoms with Crippen LogP contribution < -0.4 is 10.6 Å². The third-order valence-electron chi connectivity index (χ3n) is 3.68. The minimum atomic E-state index is -0.131. The van der Waals surface area contributed by atoms with Gasteiger partial charge >= 0.3 is 0 Å². The molecule has 0 saturated carbocycles. The van der Waals surface area contributed by atoms with Crippen molar-refractivity contribution in [2.45, 2.75) is 39.8 Å². The summed E-state index contributed by atoms with van der Waals surface area (Å²) in [5, 5.41) is 23.1. The molecule has 1 amide bonds. The van der Waals surface area contributed by atoms with Crippen LogP contribution in [0, 0.1) is 6.92 Å². The minimum absolute atomic E-state index is 0.0747. The van der Waals surface area contributed by atoms with Crippen LogP contribution in [0.5, 0.6) is 0 Å². The molecule has 0 aliphatic carbocycles. The zero-order chi connectivity index (χ0) is 17.4. The Morgan fingerprint density at radius 1 is 1.25 bits per heavy atom. The normalized spacial score (nSPS) is 10.6. The first-order valence-electron chi connectivity index (χ1n) is 8.27. The molecule has 24 heavy (non-hydrogen) atoms. The number of anilines is 1. The van der Waals surface area contributed by atoms with E-state index < -0.39 is 0 Å². The number of aliphatic hydroxyl groups is 1. The molecule has 0 saturated heterocycles. The molecular weight excluding hydrogens is 306 g/mol. The fourth-order valence-corrected chi connectivity index (χ4v) is 2.37. The maximum absolute atomic E-state index is 11.9. The molecule has 1 aromatic heterocycles. The zero-order valence-corrected chi connectivity index (χ0v) is 14.2. The summed E-state index contributed by atoms with van der Waals surface area (Å²) >= 11 is 0. The summed E-state index contributed by atoms with van der Waals surface area (Å²) in [5.41, 5.74) is 1.52. The fourth-order valence-electron chi connectivity index (χ4n) is 2.37. The smallest absolute Gasteiger partial charge is 0.251 e. The van der Waals surface area contributed by atoms with Gasteiger partial charge < -0.3 is 20.3 Å². The number of nitrogens with zero attached hydrogens (tertiary/aromatic N) is 3. The number of hydrogen-bond acceptors (Lipinski definition) is 5. The number of rotatable bonds is 9. The number of aliphatic hydroxyl groups excluding tert-OH is 1. The topological polar surface area (TPSA) is 92.1 Å². The lowest BCUT2D eigenvalue weighted by Crippen LogP contribution is -2.24. The van der Waals surface area contributed by atoms with Gasteiger partial charge in [-0.3, -0.25) is 4.79 Å². The average molecular weight is 331 g/mol. The third kappa shape index (κ3) is 4.79. The first kappa shape index (κ1) is 17.9. The van der Waals surface area contributed by atoms with Crippen LogP contribution in [0.4, 0.5) is 5.69 Å². The molecule has 3 N–H and O–H groups in total. The highest BCUT2D eigenvalue weighted by atomic mass is 16.3. The van der Waals surface area contributed by atoms with Gasteiger partial charge in [-0.2, -0.15) is 0 Å². The van der Waals surface area contributed by atoms with E-state index in [0.29, 0.717) is 25.1 Å². The van der Waals surface area contributed by atoms with E-state index in [1.54, 1.807) is 12.1 Å². The molecule has 1 heterocycles. The van der Waals surface area contributed by atoms with Crippen molar-refractivity contribution in [1.29, 1.82) is 0 Å². The van der Waals surface area contributed by atoms with Crippen molar-refractivity contribution >= 4 is 11.6 Å². The van der Waals surface area contributed by atoms with Crippen molar-refractivity contribution in [2.75, 3.05) is 18.5 Å². The van der Waals surface area contributed by atoms with Gasteiger partial charge in [-0.25, -0.2) is 0 Å². The van der Waals surface area contributed by atoms with Gasteiger partial charge in [0.15, 0.2) is 5.82 Å². The van der Waals surface area contributed by atoms with Crippen LogP contribution in [0.15, 0.2) is 24.3 Å². The van der Waals surface area contributed by atoms with Crippen molar-refractivity contribution in [1.82, 2.24) is 20.1 Å². The summed E-state index contributed by atoms with van der Waals surface area (Å²) in [7, 11) is 0. The molecule has 0 spiro atoms. The lowest BCUT2D eigenvalue weighted by Gasteiger charge is -2.10. The second-order valence-corrected chi connectivity index (χ2v) is 5.58. The lowest BCUT2D eigenvalue weighted by atomic mass is 10.2. The van der Waals surface area contributed by atoms with Crippen molar-refractivity contribution < 1.29 is 9.90 Å². The van der Waals surface area contributed by atoms with Gasteiger partial charge in [0, 0.05) is 30.9 Å². The van der Waals surface area contributed by atoms with Crippen LogP contribution >= 0.6 is 0 Å². The molecule has 7 heteroatoms. The second-order valence-electron chi connectivity index (χ2n) is 5.58. The summed E-state index contributed by atoms with van der Waals surface area (Å²) in [6.07, 6.45) is 1.59. The van der Waals surface area contributed by atoms with Crippen LogP contribution in [0.1, 0.15) is 41.8 Å². The SMILES string of the molecule is CCCn1c(C)nnc1CNc1ccc(C(=O)NCCCO)cc1. The Balaban J connectivity index is 1.91. The molecule has 0 aliphatic rings. The number of benzene rings is 1. The van der Waals surface area contributed by atoms with Crippen molar-refractivity contribution in [2.24, 2.45) is 0 Å². The first-order chi connectivity index (χ1) is 11.7. The highest BCUT2D eigenvalue weighted by Crippen LogP contribution is 2.12. The molecule has 130 valence electrons. The van der Waals surface area contributed by atoms with E-state index in [4.69, 9.17) is 5.11 Å². The summed E-state index contributed by atoms with van der Waals surface area (Å²) in [6.45, 7) is 6.12. The molecule has 7 nitrogen and oxygen atoms in total. The van der Waals surface area contributed by atoms with Crippen LogP contribution in [0.3, 0.4) is 0 Å². The number of carbonyl (C=O) groups is 1. The van der Waals surface area contributed by atoms with E-state index in [9.17, 15) is 4.79 Å². The number of hydrogen-bond donors (Lipinski definition) is 3. The second kappa shape index (κ2) is 9.02. The van der Waals surface area contributed by atoms with E-state index in [0.717, 1.165) is 30.3 Å². The molecule has 1 aromatic carbocycles. The standard InChI is InChI=1S/C17H25N5O2/c1-3-10-22-13(2)20-21-16(22)12-19-15-7-5-14(6-8-15)17(24)18-9-4-11-23/h5-8,19,23H,3-4,9-12H2,1-2H3,(H,18,24). The Morgan fingerprint density at radius 3 is 2.67 bits per heavy atom. The number of carbonyl (C=O) groups excluding carboxylic acids is 1. The molecule has 0 atom stereocenters. The van der Waals surface area contributed by atoms with Gasteiger partial charge in [-0.05, 0) is 44.0 Å². The summed E-state index contributed by atoms with van der Waals surface area (Å²) in [4.78, 5) is 11.9. The monoisotopic (exact) mass is 331 g/mol. The van der Waals surface area contributed by atoms with Crippen LogP contribution in [-0.4, -0.2) is 38.9 Å². The van der Waals surface area contributed by atoms with Crippen molar-refractivity contribution in [3.8, 4) is 0 Å². The molecular formula is C17H25N5O2. The van der Waals surface area contributed by atoms with Gasteiger partial charge in [0.1, 0.15) is 5.82 Å². The Bertz CT molecular complexity index is 652. The predicted octanol–water partition coefficient (Wildman–Crippen LogP) is 1.72. The zero-order valence-electron chi connectivity index (χ0n) is 14.2. The highest BCUT2D eigenvalue weighted by Gasteiger charge is 2.08. The number of nitrogens with one attached hydrogen (secondary N) is 2. The predicted molar refractivity (Wildman–Crippen MR) is 92.9 cm³/mol. The van der Waals surface area contributed by atoms with Gasteiger partial charge in [0.25, 0.3) is 5.91 Å². The number of amides is 1. The van der Waals surface area contributed by atoms with Crippen LogP contribution in [0.25, 0.3) is 0 Å². The molecule has 0 radical (unpaired) electrons. The van der Waals surface area contributed by atoms with Gasteiger partial charge in [-0.15, -0.1) is 10.2 Å². The van der Waals surface area contributed by atoms with E-state index in [-0.39, 0.29) is 12.5 Å². The van der Waals surface area contributed by atoms with Crippen LogP contribution in [-0.2, 0) is 13.1 Å². The fraction of sp³-hybridized carbons (Fsp3) is 0.471. The maximum atomic E-state index is 11.9. The summed E-state index contributed by atoms with van der Waals surface area (Å²) < 4.78 is 2.11. The molecule has 2 rings (SSSR count). The lowest BCUT2D eigenvalue weighted by molar-refractivity contribution is 0.0951. The largest absolute Gasteiger partial charge is 0.396 e. The van der Waals surface area contributed by atoms with Crippen molar-refractivity contribution in [3.63, 3.8) is 0 Å². The van der Waals surface area contributed by atoms with E-state index in [1.165, 1.54) is 0 Å². The quantitative estimate of drug-likeness (QED) is 0.609. The molecule has 0 unspecified atom stereocenters. The Morgan fingerprint density at radius 2 is 2.00 bits per heavy atom. The van der Waals surface area contributed by atoms with Gasteiger partial charge in [0.05, 0.1) is 6.54 Å². The van der Waals surface area contributed by atoms with E-state index >= 15 is 0 Å². The Labute approximate surface area is 142 Å². The Kier molecular flexibility index (Phi) is 6.74. The summed E-state index contributed by atoms with van der Waals surface area (Å²) in [5.74, 6) is 1.69. The maximum Gasteiger partial charge on any atom is 0.251 e. The Hall–Kier alpha value is -2.41. The van der Waals surface area contributed by atoms with E-state index in [2.05, 4.69) is 32.3 Å². The molecule has 0 bridgehead atoms. The molecule has 0 fully saturated rings. The number of aryl methyl sites for hydroxylation is 1. The average Bonchev–Trinajstić information content (AvgIpc) is 2.94. The van der Waals surface area contributed by atoms with Gasteiger partial charge in [0.2, 0.25) is 0 Å². The molecule has 0 aliphatic heterocycles. The first-order valence-corrected chi connectivity index (χ1v) is 8.27. The van der Waals surface area contributed by atoms with Crippen molar-refractivity contribution in [3.05, 3.63) is 41.5 Å². The van der Waals surface area contributed by atoms with E-state index in [1.807, 2.05) is 19.1 Å². The van der Waals surface area contributed by atoms with Crippen LogP contribution in [0.2, 0.25) is 0 Å². The number of aromatic nitrogens is 3. The molecule has 2 aromatic rings. The highest BCUT2D eigenvalue weighted by molar-refractivity contribution is 5.94. The third-order valence-corrected chi connectivity index (χ3v) is 3.68. The van der Waals surface area contributed by atoms with Gasteiger partial charge in [-0.1, -0.05) is 6.92 Å². The minimum Gasteiger partial charge on any atom is -0.396 e.